The van der Waals surface area contributed by atoms with Crippen LogP contribution in [0.2, 0.25) is 0 Å². The molecule has 4 nitrogen and oxygen atoms in total. The fourth-order valence-electron chi connectivity index (χ4n) is 1.43. The first-order valence-electron chi connectivity index (χ1n) is 4.62. The Balaban J connectivity index is 2.52. The number of nitrogens with one attached hydrogen (secondary N) is 1. The number of aromatic nitrogens is 2. The molecular weight excluding hydrogens is 190 g/mol. The van der Waals surface area contributed by atoms with Crippen LogP contribution in [-0.4, -0.2) is 22.5 Å². The van der Waals surface area contributed by atoms with Crippen molar-refractivity contribution in [1.82, 2.24) is 14.9 Å². The molecule has 15 heavy (non-hydrogen) atoms. The quantitative estimate of drug-likeness (QED) is 0.794. The second-order valence-electron chi connectivity index (χ2n) is 3.07. The van der Waals surface area contributed by atoms with Crippen LogP contribution in [-0.2, 0) is 0 Å². The molecule has 1 heterocycles. The first kappa shape index (κ1) is 9.45. The summed E-state index contributed by atoms with van der Waals surface area (Å²) in [6.45, 7) is 0. The highest BCUT2D eigenvalue weighted by Crippen LogP contribution is 2.13. The van der Waals surface area contributed by atoms with Crippen LogP contribution in [0.25, 0.3) is 5.69 Å². The van der Waals surface area contributed by atoms with Gasteiger partial charge in [0.25, 0.3) is 5.91 Å². The van der Waals surface area contributed by atoms with Gasteiger partial charge in [0.1, 0.15) is 0 Å². The smallest absolute Gasteiger partial charge is 0.253 e. The average molecular weight is 201 g/mol. The number of carbonyl (C=O) groups is 1. The lowest BCUT2D eigenvalue weighted by molar-refractivity contribution is 0.0963. The third kappa shape index (κ3) is 1.74. The fraction of sp³-hybridized carbons (Fsp3) is 0.0909. The van der Waals surface area contributed by atoms with Gasteiger partial charge in [-0.25, -0.2) is 4.98 Å². The summed E-state index contributed by atoms with van der Waals surface area (Å²) in [5, 5.41) is 2.61. The zero-order chi connectivity index (χ0) is 10.7. The Kier molecular flexibility index (Phi) is 2.49. The molecule has 1 N–H and O–H groups in total. The Morgan fingerprint density at radius 1 is 1.40 bits per heavy atom. The van der Waals surface area contributed by atoms with E-state index in [2.05, 4.69) is 10.3 Å². The van der Waals surface area contributed by atoms with Gasteiger partial charge in [0.2, 0.25) is 0 Å². The van der Waals surface area contributed by atoms with Gasteiger partial charge < -0.3 is 9.88 Å². The molecule has 0 aliphatic carbocycles. The normalized spacial score (nSPS) is 9.93. The van der Waals surface area contributed by atoms with E-state index in [4.69, 9.17) is 0 Å². The molecule has 0 atom stereocenters. The molecular formula is C11H11N3O. The molecule has 2 rings (SSSR count). The van der Waals surface area contributed by atoms with Gasteiger partial charge >= 0.3 is 0 Å². The van der Waals surface area contributed by atoms with Crippen molar-refractivity contribution in [3.63, 3.8) is 0 Å². The summed E-state index contributed by atoms with van der Waals surface area (Å²) < 4.78 is 1.81. The molecule has 76 valence electrons. The zero-order valence-electron chi connectivity index (χ0n) is 8.34. The summed E-state index contributed by atoms with van der Waals surface area (Å²) in [6, 6.07) is 7.40. The number of hydrogen-bond donors (Lipinski definition) is 1. The monoisotopic (exact) mass is 201 g/mol. The van der Waals surface area contributed by atoms with Crippen LogP contribution in [0.15, 0.2) is 43.0 Å². The molecule has 0 bridgehead atoms. The highest BCUT2D eigenvalue weighted by Gasteiger charge is 2.09. The second-order valence-corrected chi connectivity index (χ2v) is 3.07. The Bertz CT molecular complexity index is 462. The summed E-state index contributed by atoms with van der Waals surface area (Å²) in [5.74, 6) is -0.0979. The minimum Gasteiger partial charge on any atom is -0.355 e. The SMILES string of the molecule is CNC(=O)c1ccccc1-n1ccnc1. The summed E-state index contributed by atoms with van der Waals surface area (Å²) >= 11 is 0. The molecule has 0 fully saturated rings. The number of benzene rings is 1. The number of imidazole rings is 1. The van der Waals surface area contributed by atoms with Crippen molar-refractivity contribution < 1.29 is 4.79 Å². The Hall–Kier alpha value is -2.10. The van der Waals surface area contributed by atoms with Crippen LogP contribution in [0.5, 0.6) is 0 Å². The minimum atomic E-state index is -0.0979. The van der Waals surface area contributed by atoms with E-state index in [1.165, 1.54) is 0 Å². The van der Waals surface area contributed by atoms with Gasteiger partial charge in [-0.1, -0.05) is 12.1 Å². The maximum absolute atomic E-state index is 11.6. The molecule has 4 heteroatoms. The first-order chi connectivity index (χ1) is 7.33. The Morgan fingerprint density at radius 2 is 2.20 bits per heavy atom. The molecule has 1 aromatic carbocycles. The summed E-state index contributed by atoms with van der Waals surface area (Å²) in [7, 11) is 1.62. The molecule has 1 amide bonds. The van der Waals surface area contributed by atoms with Crippen molar-refractivity contribution >= 4 is 5.91 Å². The van der Waals surface area contributed by atoms with Crippen molar-refractivity contribution in [2.24, 2.45) is 0 Å². The van der Waals surface area contributed by atoms with E-state index in [1.807, 2.05) is 29.0 Å². The highest BCUT2D eigenvalue weighted by atomic mass is 16.1. The lowest BCUT2D eigenvalue weighted by Gasteiger charge is -2.08. The van der Waals surface area contributed by atoms with Crippen molar-refractivity contribution in [3.05, 3.63) is 48.5 Å². The van der Waals surface area contributed by atoms with Crippen LogP contribution in [0, 0.1) is 0 Å². The van der Waals surface area contributed by atoms with Crippen molar-refractivity contribution in [3.8, 4) is 5.69 Å². The van der Waals surface area contributed by atoms with Crippen molar-refractivity contribution in [1.29, 1.82) is 0 Å². The molecule has 0 unspecified atom stereocenters. The third-order valence-corrected chi connectivity index (χ3v) is 2.16. The maximum Gasteiger partial charge on any atom is 0.253 e. The Morgan fingerprint density at radius 3 is 2.87 bits per heavy atom. The zero-order valence-corrected chi connectivity index (χ0v) is 8.34. The molecule has 0 saturated carbocycles. The second kappa shape index (κ2) is 3.96. The Labute approximate surface area is 87.6 Å². The van der Waals surface area contributed by atoms with Crippen molar-refractivity contribution in [2.75, 3.05) is 7.05 Å². The van der Waals surface area contributed by atoms with E-state index < -0.39 is 0 Å². The highest BCUT2D eigenvalue weighted by molar-refractivity contribution is 5.97. The van der Waals surface area contributed by atoms with Gasteiger partial charge in [-0.15, -0.1) is 0 Å². The van der Waals surface area contributed by atoms with Crippen LogP contribution < -0.4 is 5.32 Å². The minimum absolute atomic E-state index is 0.0979. The fourth-order valence-corrected chi connectivity index (χ4v) is 1.43. The number of rotatable bonds is 2. The van der Waals surface area contributed by atoms with E-state index in [-0.39, 0.29) is 5.91 Å². The van der Waals surface area contributed by atoms with Gasteiger partial charge in [-0.2, -0.15) is 0 Å². The largest absolute Gasteiger partial charge is 0.355 e. The summed E-state index contributed by atoms with van der Waals surface area (Å²) in [6.07, 6.45) is 5.16. The molecule has 0 aliphatic rings. The van der Waals surface area contributed by atoms with E-state index in [1.54, 1.807) is 25.6 Å². The maximum atomic E-state index is 11.6. The van der Waals surface area contributed by atoms with E-state index in [0.717, 1.165) is 5.69 Å². The topological polar surface area (TPSA) is 46.9 Å². The number of nitrogens with zero attached hydrogens (tertiary/aromatic N) is 2. The van der Waals surface area contributed by atoms with E-state index in [0.29, 0.717) is 5.56 Å². The van der Waals surface area contributed by atoms with Crippen LogP contribution in [0.1, 0.15) is 10.4 Å². The standard InChI is InChI=1S/C11H11N3O/c1-12-11(15)9-4-2-3-5-10(9)14-7-6-13-8-14/h2-8H,1H3,(H,12,15). The van der Waals surface area contributed by atoms with E-state index in [9.17, 15) is 4.79 Å². The molecule has 1 aromatic heterocycles. The number of amides is 1. The molecule has 0 radical (unpaired) electrons. The molecule has 0 saturated heterocycles. The average Bonchev–Trinajstić information content (AvgIpc) is 2.81. The lowest BCUT2D eigenvalue weighted by atomic mass is 10.1. The van der Waals surface area contributed by atoms with Gasteiger partial charge in [0, 0.05) is 19.4 Å². The van der Waals surface area contributed by atoms with Gasteiger partial charge in [0.05, 0.1) is 17.6 Å². The van der Waals surface area contributed by atoms with Gasteiger partial charge in [-0.3, -0.25) is 4.79 Å². The van der Waals surface area contributed by atoms with E-state index >= 15 is 0 Å². The summed E-state index contributed by atoms with van der Waals surface area (Å²) in [5.41, 5.74) is 1.47. The first-order valence-corrected chi connectivity index (χ1v) is 4.62. The molecule has 0 spiro atoms. The third-order valence-electron chi connectivity index (χ3n) is 2.16. The molecule has 2 aromatic rings. The predicted octanol–water partition coefficient (Wildman–Crippen LogP) is 1.23. The van der Waals surface area contributed by atoms with Crippen molar-refractivity contribution in [2.45, 2.75) is 0 Å². The van der Waals surface area contributed by atoms with Crippen LogP contribution in [0.3, 0.4) is 0 Å². The summed E-state index contributed by atoms with van der Waals surface area (Å²) in [4.78, 5) is 15.5. The number of carbonyl (C=O) groups excluding carboxylic acids is 1. The number of hydrogen-bond acceptors (Lipinski definition) is 2. The molecule has 0 aliphatic heterocycles. The van der Waals surface area contributed by atoms with Crippen LogP contribution in [0.4, 0.5) is 0 Å². The predicted molar refractivity (Wildman–Crippen MR) is 57.0 cm³/mol. The number of para-hydroxylation sites is 1. The van der Waals surface area contributed by atoms with Crippen LogP contribution >= 0.6 is 0 Å². The van der Waals surface area contributed by atoms with Gasteiger partial charge in [0.15, 0.2) is 0 Å². The lowest BCUT2D eigenvalue weighted by Crippen LogP contribution is -2.19. The van der Waals surface area contributed by atoms with Gasteiger partial charge in [-0.05, 0) is 12.1 Å².